The average molecular weight is 363 g/mol. The molecular formula is C21H21N3O3. The minimum absolute atomic E-state index is 0.0249. The van der Waals surface area contributed by atoms with Gasteiger partial charge in [-0.05, 0) is 36.3 Å². The van der Waals surface area contributed by atoms with Crippen LogP contribution in [-0.4, -0.2) is 48.1 Å². The fourth-order valence-electron chi connectivity index (χ4n) is 3.43. The van der Waals surface area contributed by atoms with Gasteiger partial charge in [-0.3, -0.25) is 4.79 Å². The summed E-state index contributed by atoms with van der Waals surface area (Å²) in [6.07, 6.45) is 6.69. The molecule has 0 saturated carbocycles. The Labute approximate surface area is 157 Å². The largest absolute Gasteiger partial charge is 0.497 e. The SMILES string of the molecule is COc1cc(OC)cc(C(=O)N2CC=C(c3c[nH]c4ncccc34)CC2)c1. The molecule has 1 aliphatic rings. The summed E-state index contributed by atoms with van der Waals surface area (Å²) < 4.78 is 10.5. The van der Waals surface area contributed by atoms with Gasteiger partial charge in [0.2, 0.25) is 0 Å². The van der Waals surface area contributed by atoms with E-state index >= 15 is 0 Å². The zero-order valence-corrected chi connectivity index (χ0v) is 15.4. The minimum Gasteiger partial charge on any atom is -0.497 e. The summed E-state index contributed by atoms with van der Waals surface area (Å²) in [5.74, 6) is 1.19. The summed E-state index contributed by atoms with van der Waals surface area (Å²) >= 11 is 0. The first-order chi connectivity index (χ1) is 13.2. The van der Waals surface area contributed by atoms with Crippen LogP contribution in [0.3, 0.4) is 0 Å². The van der Waals surface area contributed by atoms with Crippen molar-refractivity contribution in [2.24, 2.45) is 0 Å². The van der Waals surface area contributed by atoms with Crippen molar-refractivity contribution in [2.75, 3.05) is 27.3 Å². The second-order valence-corrected chi connectivity index (χ2v) is 6.43. The Morgan fingerprint density at radius 3 is 2.63 bits per heavy atom. The summed E-state index contributed by atoms with van der Waals surface area (Å²) in [6, 6.07) is 9.25. The van der Waals surface area contributed by atoms with Crippen molar-refractivity contribution in [1.82, 2.24) is 14.9 Å². The maximum atomic E-state index is 12.9. The summed E-state index contributed by atoms with van der Waals surface area (Å²) in [7, 11) is 3.16. The first-order valence-corrected chi connectivity index (χ1v) is 8.83. The number of ether oxygens (including phenoxy) is 2. The molecule has 0 bridgehead atoms. The highest BCUT2D eigenvalue weighted by Crippen LogP contribution is 2.29. The molecule has 3 aromatic rings. The zero-order chi connectivity index (χ0) is 18.8. The Bertz CT molecular complexity index is 1000. The highest BCUT2D eigenvalue weighted by atomic mass is 16.5. The summed E-state index contributed by atoms with van der Waals surface area (Å²) in [4.78, 5) is 22.3. The lowest BCUT2D eigenvalue weighted by molar-refractivity contribution is 0.0772. The number of rotatable bonds is 4. The molecule has 4 rings (SSSR count). The number of carbonyl (C=O) groups excluding carboxylic acids is 1. The van der Waals surface area contributed by atoms with Gasteiger partial charge >= 0.3 is 0 Å². The van der Waals surface area contributed by atoms with Gasteiger partial charge in [0.1, 0.15) is 17.1 Å². The second kappa shape index (κ2) is 7.15. The molecule has 27 heavy (non-hydrogen) atoms. The Morgan fingerprint density at radius 2 is 1.96 bits per heavy atom. The van der Waals surface area contributed by atoms with E-state index in [4.69, 9.17) is 9.47 Å². The smallest absolute Gasteiger partial charge is 0.254 e. The fourth-order valence-corrected chi connectivity index (χ4v) is 3.43. The van der Waals surface area contributed by atoms with E-state index in [1.54, 1.807) is 38.6 Å². The predicted octanol–water partition coefficient (Wildman–Crippen LogP) is 3.51. The number of benzene rings is 1. The van der Waals surface area contributed by atoms with E-state index in [1.165, 1.54) is 5.57 Å². The number of nitrogens with one attached hydrogen (secondary N) is 1. The molecule has 0 radical (unpaired) electrons. The first kappa shape index (κ1) is 17.1. The fraction of sp³-hybridized carbons (Fsp3) is 0.238. The molecule has 0 unspecified atom stereocenters. The number of aromatic nitrogens is 2. The van der Waals surface area contributed by atoms with Gasteiger partial charge in [0, 0.05) is 48.1 Å². The van der Waals surface area contributed by atoms with Crippen molar-refractivity contribution in [3.8, 4) is 11.5 Å². The van der Waals surface area contributed by atoms with Crippen molar-refractivity contribution < 1.29 is 14.3 Å². The van der Waals surface area contributed by atoms with Crippen molar-refractivity contribution in [1.29, 1.82) is 0 Å². The Hall–Kier alpha value is -3.28. The highest BCUT2D eigenvalue weighted by Gasteiger charge is 2.21. The van der Waals surface area contributed by atoms with E-state index < -0.39 is 0 Å². The van der Waals surface area contributed by atoms with Gasteiger partial charge in [-0.1, -0.05) is 6.08 Å². The van der Waals surface area contributed by atoms with Crippen molar-refractivity contribution in [3.63, 3.8) is 0 Å². The first-order valence-electron chi connectivity index (χ1n) is 8.83. The molecule has 2 aromatic heterocycles. The van der Waals surface area contributed by atoms with Gasteiger partial charge in [-0.15, -0.1) is 0 Å². The predicted molar refractivity (Wildman–Crippen MR) is 104 cm³/mol. The molecule has 1 N–H and O–H groups in total. The Balaban J connectivity index is 1.56. The van der Waals surface area contributed by atoms with Crippen LogP contribution in [0.25, 0.3) is 16.6 Å². The van der Waals surface area contributed by atoms with Gasteiger partial charge in [-0.25, -0.2) is 4.98 Å². The van der Waals surface area contributed by atoms with Crippen LogP contribution in [0.2, 0.25) is 0 Å². The topological polar surface area (TPSA) is 67.5 Å². The number of nitrogens with zero attached hydrogens (tertiary/aromatic N) is 2. The van der Waals surface area contributed by atoms with E-state index in [9.17, 15) is 4.79 Å². The van der Waals surface area contributed by atoms with Crippen molar-refractivity contribution in [2.45, 2.75) is 6.42 Å². The van der Waals surface area contributed by atoms with Gasteiger partial charge in [0.15, 0.2) is 0 Å². The van der Waals surface area contributed by atoms with Gasteiger partial charge < -0.3 is 19.4 Å². The summed E-state index contributed by atoms with van der Waals surface area (Å²) in [5, 5.41) is 1.11. The van der Waals surface area contributed by atoms with Crippen LogP contribution >= 0.6 is 0 Å². The van der Waals surface area contributed by atoms with Gasteiger partial charge in [0.05, 0.1) is 14.2 Å². The number of methoxy groups -OCH3 is 2. The van der Waals surface area contributed by atoms with E-state index in [0.29, 0.717) is 30.2 Å². The average Bonchev–Trinajstić information content (AvgIpc) is 3.17. The lowest BCUT2D eigenvalue weighted by Gasteiger charge is -2.27. The number of hydrogen-bond acceptors (Lipinski definition) is 4. The third kappa shape index (κ3) is 3.26. The quantitative estimate of drug-likeness (QED) is 0.770. The molecule has 6 nitrogen and oxygen atoms in total. The number of carbonyl (C=O) groups is 1. The third-order valence-electron chi connectivity index (χ3n) is 4.89. The molecule has 1 aliphatic heterocycles. The maximum Gasteiger partial charge on any atom is 0.254 e. The highest BCUT2D eigenvalue weighted by molar-refractivity contribution is 5.96. The number of fused-ring (bicyclic) bond motifs is 1. The molecule has 138 valence electrons. The molecule has 6 heteroatoms. The van der Waals surface area contributed by atoms with E-state index in [2.05, 4.69) is 22.1 Å². The van der Waals surface area contributed by atoms with Gasteiger partial charge in [0.25, 0.3) is 5.91 Å². The minimum atomic E-state index is -0.0249. The monoisotopic (exact) mass is 363 g/mol. The molecule has 1 amide bonds. The molecule has 0 atom stereocenters. The van der Waals surface area contributed by atoms with Crippen LogP contribution in [0.5, 0.6) is 11.5 Å². The standard InChI is InChI=1S/C21H21N3O3/c1-26-16-10-15(11-17(12-16)27-2)21(25)24-8-5-14(6-9-24)19-13-23-20-18(19)4-3-7-22-20/h3-5,7,10-13H,6,8-9H2,1-2H3,(H,22,23). The van der Waals surface area contributed by atoms with Crippen LogP contribution in [0, 0.1) is 0 Å². The Kier molecular flexibility index (Phi) is 4.54. The van der Waals surface area contributed by atoms with Crippen LogP contribution < -0.4 is 9.47 Å². The second-order valence-electron chi connectivity index (χ2n) is 6.43. The summed E-state index contributed by atoms with van der Waals surface area (Å²) in [6.45, 7) is 1.23. The molecule has 0 aliphatic carbocycles. The third-order valence-corrected chi connectivity index (χ3v) is 4.89. The van der Waals surface area contributed by atoms with E-state index in [1.807, 2.05) is 17.2 Å². The number of H-pyrrole nitrogens is 1. The van der Waals surface area contributed by atoms with Crippen molar-refractivity contribution >= 4 is 22.5 Å². The normalized spacial score (nSPS) is 14.1. The molecule has 0 fully saturated rings. The lowest BCUT2D eigenvalue weighted by atomic mass is 9.99. The molecule has 1 aromatic carbocycles. The molecular weight excluding hydrogens is 342 g/mol. The van der Waals surface area contributed by atoms with E-state index in [-0.39, 0.29) is 5.91 Å². The van der Waals surface area contributed by atoms with Crippen molar-refractivity contribution in [3.05, 3.63) is 59.9 Å². The zero-order valence-electron chi connectivity index (χ0n) is 15.4. The molecule has 0 saturated heterocycles. The molecule has 3 heterocycles. The van der Waals surface area contributed by atoms with Gasteiger partial charge in [-0.2, -0.15) is 0 Å². The van der Waals surface area contributed by atoms with Crippen LogP contribution in [0.4, 0.5) is 0 Å². The number of amides is 1. The molecule has 0 spiro atoms. The maximum absolute atomic E-state index is 12.9. The number of hydrogen-bond donors (Lipinski definition) is 1. The Morgan fingerprint density at radius 1 is 1.19 bits per heavy atom. The summed E-state index contributed by atoms with van der Waals surface area (Å²) in [5.41, 5.74) is 3.85. The van der Waals surface area contributed by atoms with E-state index in [0.717, 1.165) is 23.0 Å². The number of aromatic amines is 1. The van der Waals surface area contributed by atoms with Crippen LogP contribution in [0.15, 0.2) is 48.8 Å². The van der Waals surface area contributed by atoms with Crippen LogP contribution in [-0.2, 0) is 0 Å². The number of pyridine rings is 1. The van der Waals surface area contributed by atoms with Crippen LogP contribution in [0.1, 0.15) is 22.3 Å². The lowest BCUT2D eigenvalue weighted by Crippen LogP contribution is -2.34.